The molecule has 1 aliphatic heterocycles. The molecular formula is C16H25N3O3. The van der Waals surface area contributed by atoms with Gasteiger partial charge in [0.15, 0.2) is 0 Å². The number of methoxy groups -OCH3 is 1. The van der Waals surface area contributed by atoms with E-state index in [2.05, 4.69) is 11.8 Å². The third-order valence-electron chi connectivity index (χ3n) is 3.81. The van der Waals surface area contributed by atoms with Crippen LogP contribution in [0.2, 0.25) is 0 Å². The third-order valence-corrected chi connectivity index (χ3v) is 3.81. The van der Waals surface area contributed by atoms with Crippen molar-refractivity contribution in [1.29, 1.82) is 0 Å². The lowest BCUT2D eigenvalue weighted by atomic mass is 10.2. The number of piperazine rings is 1. The number of rotatable bonds is 5. The second-order valence-corrected chi connectivity index (χ2v) is 5.37. The average Bonchev–Trinajstić information content (AvgIpc) is 2.55. The number of unbranched alkanes of at least 4 members (excludes halogenated alkanes) is 1. The van der Waals surface area contributed by atoms with Gasteiger partial charge < -0.3 is 25.0 Å². The Morgan fingerprint density at radius 2 is 2.00 bits per heavy atom. The molecule has 0 aliphatic carbocycles. The molecule has 0 spiro atoms. The number of anilines is 2. The van der Waals surface area contributed by atoms with Gasteiger partial charge in [-0.25, -0.2) is 4.79 Å². The van der Waals surface area contributed by atoms with E-state index in [9.17, 15) is 4.79 Å². The summed E-state index contributed by atoms with van der Waals surface area (Å²) in [6, 6.07) is 5.65. The molecule has 122 valence electrons. The van der Waals surface area contributed by atoms with Crippen LogP contribution < -0.4 is 15.4 Å². The van der Waals surface area contributed by atoms with Crippen molar-refractivity contribution in [2.45, 2.75) is 19.8 Å². The lowest BCUT2D eigenvalue weighted by Gasteiger charge is -2.36. The molecule has 1 saturated heterocycles. The van der Waals surface area contributed by atoms with Crippen LogP contribution in [0.1, 0.15) is 19.8 Å². The number of nitrogens with two attached hydrogens (primary N) is 1. The van der Waals surface area contributed by atoms with Gasteiger partial charge in [0, 0.05) is 37.9 Å². The Balaban J connectivity index is 1.90. The van der Waals surface area contributed by atoms with Gasteiger partial charge in [-0.05, 0) is 18.6 Å². The topological polar surface area (TPSA) is 68.0 Å². The van der Waals surface area contributed by atoms with Crippen LogP contribution in [0.3, 0.4) is 0 Å². The summed E-state index contributed by atoms with van der Waals surface area (Å²) in [5.74, 6) is 0.763. The second-order valence-electron chi connectivity index (χ2n) is 5.37. The van der Waals surface area contributed by atoms with Gasteiger partial charge in [0.1, 0.15) is 5.75 Å². The van der Waals surface area contributed by atoms with Crippen LogP contribution in [0, 0.1) is 0 Å². The van der Waals surface area contributed by atoms with Gasteiger partial charge in [-0.2, -0.15) is 0 Å². The molecule has 0 saturated carbocycles. The van der Waals surface area contributed by atoms with Crippen molar-refractivity contribution < 1.29 is 14.3 Å². The highest BCUT2D eigenvalue weighted by molar-refractivity contribution is 5.69. The normalized spacial score (nSPS) is 14.8. The van der Waals surface area contributed by atoms with Crippen LogP contribution in [0.15, 0.2) is 18.2 Å². The molecule has 2 N–H and O–H groups in total. The predicted octanol–water partition coefficient (Wildman–Crippen LogP) is 2.34. The molecule has 6 nitrogen and oxygen atoms in total. The fourth-order valence-corrected chi connectivity index (χ4v) is 2.48. The largest absolute Gasteiger partial charge is 0.495 e. The molecule has 1 amide bonds. The SMILES string of the molecule is CCCCOC(=O)N1CCN(c2ccc(N)cc2OC)CC1. The van der Waals surface area contributed by atoms with E-state index in [1.165, 1.54) is 0 Å². The molecule has 1 heterocycles. The van der Waals surface area contributed by atoms with E-state index in [0.29, 0.717) is 25.4 Å². The van der Waals surface area contributed by atoms with Gasteiger partial charge >= 0.3 is 6.09 Å². The minimum absolute atomic E-state index is 0.211. The Labute approximate surface area is 131 Å². The van der Waals surface area contributed by atoms with Crippen molar-refractivity contribution in [3.05, 3.63) is 18.2 Å². The van der Waals surface area contributed by atoms with Crippen LogP contribution >= 0.6 is 0 Å². The summed E-state index contributed by atoms with van der Waals surface area (Å²) in [6.07, 6.45) is 1.73. The summed E-state index contributed by atoms with van der Waals surface area (Å²) in [5, 5.41) is 0. The maximum absolute atomic E-state index is 11.9. The molecule has 6 heteroatoms. The van der Waals surface area contributed by atoms with Gasteiger partial charge in [-0.15, -0.1) is 0 Å². The Bertz CT molecular complexity index is 499. The van der Waals surface area contributed by atoms with Crippen molar-refractivity contribution in [3.8, 4) is 5.75 Å². The Morgan fingerprint density at radius 3 is 2.64 bits per heavy atom. The average molecular weight is 307 g/mol. The molecule has 0 bridgehead atoms. The number of benzene rings is 1. The highest BCUT2D eigenvalue weighted by Gasteiger charge is 2.23. The van der Waals surface area contributed by atoms with Gasteiger partial charge in [0.2, 0.25) is 0 Å². The summed E-state index contributed by atoms with van der Waals surface area (Å²) in [6.45, 7) is 5.39. The zero-order valence-electron chi connectivity index (χ0n) is 13.4. The minimum Gasteiger partial charge on any atom is -0.495 e. The standard InChI is InChI=1S/C16H25N3O3/c1-3-4-11-22-16(20)19-9-7-18(8-10-19)14-6-5-13(17)12-15(14)21-2/h5-6,12H,3-4,7-11,17H2,1-2H3. The van der Waals surface area contributed by atoms with E-state index in [1.54, 1.807) is 12.0 Å². The summed E-state index contributed by atoms with van der Waals surface area (Å²) >= 11 is 0. The number of hydrogen-bond donors (Lipinski definition) is 1. The number of ether oxygens (including phenoxy) is 2. The fourth-order valence-electron chi connectivity index (χ4n) is 2.48. The van der Waals surface area contributed by atoms with Crippen LogP contribution in [-0.4, -0.2) is 50.9 Å². The second kappa shape index (κ2) is 7.77. The highest BCUT2D eigenvalue weighted by Crippen LogP contribution is 2.30. The van der Waals surface area contributed by atoms with Gasteiger partial charge in [-0.1, -0.05) is 13.3 Å². The maximum atomic E-state index is 11.9. The van der Waals surface area contributed by atoms with Gasteiger partial charge in [0.05, 0.1) is 19.4 Å². The molecule has 0 unspecified atom stereocenters. The lowest BCUT2D eigenvalue weighted by Crippen LogP contribution is -2.49. The van der Waals surface area contributed by atoms with E-state index in [-0.39, 0.29) is 6.09 Å². The van der Waals surface area contributed by atoms with E-state index < -0.39 is 0 Å². The maximum Gasteiger partial charge on any atom is 0.409 e. The number of carbonyl (C=O) groups is 1. The molecule has 1 aliphatic rings. The summed E-state index contributed by atoms with van der Waals surface area (Å²) in [7, 11) is 1.64. The molecule has 1 fully saturated rings. The Hall–Kier alpha value is -2.11. The van der Waals surface area contributed by atoms with Crippen molar-refractivity contribution >= 4 is 17.5 Å². The van der Waals surface area contributed by atoms with Crippen LogP contribution in [0.4, 0.5) is 16.2 Å². The molecule has 22 heavy (non-hydrogen) atoms. The molecule has 1 aromatic carbocycles. The molecule has 2 rings (SSSR count). The van der Waals surface area contributed by atoms with Gasteiger partial charge in [-0.3, -0.25) is 0 Å². The Kier molecular flexibility index (Phi) is 5.75. The predicted molar refractivity (Wildman–Crippen MR) is 87.4 cm³/mol. The van der Waals surface area contributed by atoms with Crippen molar-refractivity contribution in [2.24, 2.45) is 0 Å². The zero-order valence-corrected chi connectivity index (χ0v) is 13.4. The van der Waals surface area contributed by atoms with E-state index in [0.717, 1.165) is 37.4 Å². The quantitative estimate of drug-likeness (QED) is 0.668. The number of carbonyl (C=O) groups excluding carboxylic acids is 1. The molecule has 1 aromatic rings. The lowest BCUT2D eigenvalue weighted by molar-refractivity contribution is 0.0989. The van der Waals surface area contributed by atoms with E-state index in [4.69, 9.17) is 15.2 Å². The summed E-state index contributed by atoms with van der Waals surface area (Å²) < 4.78 is 10.6. The number of nitrogens with zero attached hydrogens (tertiary/aromatic N) is 2. The van der Waals surface area contributed by atoms with Crippen LogP contribution in [0.5, 0.6) is 5.75 Å². The van der Waals surface area contributed by atoms with Crippen molar-refractivity contribution in [2.75, 3.05) is 50.5 Å². The smallest absolute Gasteiger partial charge is 0.409 e. The molecular weight excluding hydrogens is 282 g/mol. The highest BCUT2D eigenvalue weighted by atomic mass is 16.6. The van der Waals surface area contributed by atoms with Crippen LogP contribution in [-0.2, 0) is 4.74 Å². The van der Waals surface area contributed by atoms with Crippen LogP contribution in [0.25, 0.3) is 0 Å². The number of hydrogen-bond acceptors (Lipinski definition) is 5. The van der Waals surface area contributed by atoms with E-state index in [1.807, 2.05) is 18.2 Å². The molecule has 0 atom stereocenters. The number of nitrogen functional groups attached to an aromatic ring is 1. The van der Waals surface area contributed by atoms with E-state index >= 15 is 0 Å². The first kappa shape index (κ1) is 16.3. The molecule has 0 aromatic heterocycles. The first-order valence-corrected chi connectivity index (χ1v) is 7.76. The Morgan fingerprint density at radius 1 is 1.27 bits per heavy atom. The third kappa shape index (κ3) is 3.96. The first-order chi connectivity index (χ1) is 10.7. The summed E-state index contributed by atoms with van der Waals surface area (Å²) in [4.78, 5) is 15.9. The van der Waals surface area contributed by atoms with Crippen molar-refractivity contribution in [3.63, 3.8) is 0 Å². The summed E-state index contributed by atoms with van der Waals surface area (Å²) in [5.41, 5.74) is 7.47. The first-order valence-electron chi connectivity index (χ1n) is 7.76. The minimum atomic E-state index is -0.211. The zero-order chi connectivity index (χ0) is 15.9. The molecule has 0 radical (unpaired) electrons. The monoisotopic (exact) mass is 307 g/mol. The van der Waals surface area contributed by atoms with Gasteiger partial charge in [0.25, 0.3) is 0 Å². The van der Waals surface area contributed by atoms with Crippen molar-refractivity contribution in [1.82, 2.24) is 4.90 Å². The number of amides is 1. The fraction of sp³-hybridized carbons (Fsp3) is 0.562.